The zero-order valence-electron chi connectivity index (χ0n) is 20.5. The van der Waals surface area contributed by atoms with Gasteiger partial charge in [0.1, 0.15) is 18.4 Å². The van der Waals surface area contributed by atoms with Crippen molar-refractivity contribution in [2.45, 2.75) is 52.2 Å². The van der Waals surface area contributed by atoms with Gasteiger partial charge < -0.3 is 10.2 Å². The number of carbonyl (C=O) groups is 3. The van der Waals surface area contributed by atoms with Gasteiger partial charge in [-0.2, -0.15) is 0 Å². The highest BCUT2D eigenvalue weighted by atomic mass is 19.1. The molecule has 4 rings (SSSR count). The number of amides is 3. The Balaban J connectivity index is 1.66. The van der Waals surface area contributed by atoms with Gasteiger partial charge in [0, 0.05) is 23.0 Å². The molecule has 1 aliphatic rings. The topological polar surface area (TPSA) is 69.7 Å². The quantitative estimate of drug-likeness (QED) is 0.540. The predicted molar refractivity (Wildman–Crippen MR) is 135 cm³/mol. The summed E-state index contributed by atoms with van der Waals surface area (Å²) in [6, 6.07) is 16.3. The summed E-state index contributed by atoms with van der Waals surface area (Å²) in [5, 5.41) is 4.72. The van der Waals surface area contributed by atoms with Crippen LogP contribution >= 0.6 is 0 Å². The minimum Gasteiger partial charge on any atom is -0.350 e. The predicted octanol–water partition coefficient (Wildman–Crippen LogP) is 4.66. The van der Waals surface area contributed by atoms with E-state index in [0.717, 1.165) is 10.8 Å². The molecule has 1 atom stereocenters. The molecule has 0 spiro atoms. The van der Waals surface area contributed by atoms with Crippen LogP contribution < -0.4 is 10.2 Å². The molecule has 7 heteroatoms. The van der Waals surface area contributed by atoms with Crippen LogP contribution in [-0.2, 0) is 16.1 Å². The van der Waals surface area contributed by atoms with Crippen LogP contribution in [-0.4, -0.2) is 40.7 Å². The molecule has 3 aromatic rings. The Bertz CT molecular complexity index is 1280. The number of benzene rings is 3. The van der Waals surface area contributed by atoms with Crippen LogP contribution in [0.15, 0.2) is 60.7 Å². The van der Waals surface area contributed by atoms with E-state index < -0.39 is 11.6 Å². The Morgan fingerprint density at radius 3 is 2.31 bits per heavy atom. The largest absolute Gasteiger partial charge is 0.350 e. The van der Waals surface area contributed by atoms with E-state index in [0.29, 0.717) is 23.2 Å². The molecule has 3 aromatic carbocycles. The molecule has 182 valence electrons. The summed E-state index contributed by atoms with van der Waals surface area (Å²) < 4.78 is 13.5. The van der Waals surface area contributed by atoms with Gasteiger partial charge in [0.25, 0.3) is 5.91 Å². The molecule has 1 unspecified atom stereocenters. The van der Waals surface area contributed by atoms with Gasteiger partial charge in [-0.05, 0) is 62.4 Å². The minimum atomic E-state index is -0.748. The van der Waals surface area contributed by atoms with Crippen molar-refractivity contribution >= 4 is 34.2 Å². The Labute approximate surface area is 204 Å². The zero-order chi connectivity index (χ0) is 25.3. The summed E-state index contributed by atoms with van der Waals surface area (Å²) in [6.07, 6.45) is 0.388. The van der Waals surface area contributed by atoms with Crippen molar-refractivity contribution in [3.63, 3.8) is 0 Å². The first-order valence-electron chi connectivity index (χ1n) is 11.8. The highest BCUT2D eigenvalue weighted by Crippen LogP contribution is 2.37. The summed E-state index contributed by atoms with van der Waals surface area (Å²) in [6.45, 7) is 7.40. The van der Waals surface area contributed by atoms with Gasteiger partial charge in [-0.3, -0.25) is 19.3 Å². The normalized spacial score (nSPS) is 13.7. The third kappa shape index (κ3) is 5.04. The molecule has 35 heavy (non-hydrogen) atoms. The number of anilines is 1. The molecule has 0 bridgehead atoms. The van der Waals surface area contributed by atoms with Crippen molar-refractivity contribution in [3.05, 3.63) is 77.6 Å². The highest BCUT2D eigenvalue weighted by Gasteiger charge is 2.35. The van der Waals surface area contributed by atoms with Crippen LogP contribution in [0, 0.1) is 5.82 Å². The van der Waals surface area contributed by atoms with Gasteiger partial charge in [0.2, 0.25) is 11.8 Å². The number of hydrogen-bond acceptors (Lipinski definition) is 3. The molecule has 1 heterocycles. The van der Waals surface area contributed by atoms with Crippen LogP contribution in [0.1, 0.15) is 50.0 Å². The number of hydrogen-bond donors (Lipinski definition) is 1. The van der Waals surface area contributed by atoms with Crippen LogP contribution in [0.5, 0.6) is 0 Å². The Kier molecular flexibility index (Phi) is 6.61. The van der Waals surface area contributed by atoms with Gasteiger partial charge in [-0.15, -0.1) is 0 Å². The number of nitrogens with zero attached hydrogens (tertiary/aromatic N) is 2. The smallest absolute Gasteiger partial charge is 0.259 e. The van der Waals surface area contributed by atoms with Crippen molar-refractivity contribution in [2.24, 2.45) is 0 Å². The zero-order valence-corrected chi connectivity index (χ0v) is 20.5. The molecule has 1 N–H and O–H groups in total. The van der Waals surface area contributed by atoms with Crippen molar-refractivity contribution in [3.8, 4) is 0 Å². The van der Waals surface area contributed by atoms with Gasteiger partial charge in [0.05, 0.1) is 5.69 Å². The Morgan fingerprint density at radius 2 is 1.69 bits per heavy atom. The molecule has 0 fully saturated rings. The molecule has 0 saturated heterocycles. The first-order valence-corrected chi connectivity index (χ1v) is 11.8. The fraction of sp³-hybridized carbons (Fsp3) is 0.321. The third-order valence-corrected chi connectivity index (χ3v) is 6.09. The number of rotatable bonds is 7. The standard InChI is InChI=1S/C28H30FN3O3/c1-5-22(26(34)30-28(2,3)4)31(16-18-12-14-20(29)15-13-18)24(33)17-32-23-11-7-9-19-8-6-10-21(25(19)23)27(32)35/h6-15,22H,5,16-17H2,1-4H3,(H,30,34). The van der Waals surface area contributed by atoms with Gasteiger partial charge >= 0.3 is 0 Å². The number of halogens is 1. The van der Waals surface area contributed by atoms with Crippen molar-refractivity contribution in [1.82, 2.24) is 10.2 Å². The van der Waals surface area contributed by atoms with Crippen LogP contribution in [0.3, 0.4) is 0 Å². The maximum atomic E-state index is 13.7. The first kappa shape index (κ1) is 24.4. The Hall–Kier alpha value is -3.74. The van der Waals surface area contributed by atoms with E-state index in [2.05, 4.69) is 5.32 Å². The molecular formula is C28H30FN3O3. The molecule has 0 aliphatic carbocycles. The fourth-order valence-electron chi connectivity index (χ4n) is 4.52. The second-order valence-corrected chi connectivity index (χ2v) is 9.88. The lowest BCUT2D eigenvalue weighted by atomic mass is 10.1. The number of carbonyl (C=O) groups excluding carboxylic acids is 3. The van der Waals surface area contributed by atoms with Crippen LogP contribution in [0.4, 0.5) is 10.1 Å². The summed E-state index contributed by atoms with van der Waals surface area (Å²) in [5.41, 5.74) is 1.47. The lowest BCUT2D eigenvalue weighted by Gasteiger charge is -2.34. The highest BCUT2D eigenvalue weighted by molar-refractivity contribution is 6.26. The monoisotopic (exact) mass is 475 g/mol. The molecular weight excluding hydrogens is 445 g/mol. The molecule has 0 radical (unpaired) electrons. The summed E-state index contributed by atoms with van der Waals surface area (Å²) in [5.74, 6) is -1.24. The summed E-state index contributed by atoms with van der Waals surface area (Å²) >= 11 is 0. The number of nitrogens with one attached hydrogen (secondary N) is 1. The van der Waals surface area contributed by atoms with E-state index in [1.165, 1.54) is 21.9 Å². The van der Waals surface area contributed by atoms with E-state index in [4.69, 9.17) is 0 Å². The van der Waals surface area contributed by atoms with Crippen molar-refractivity contribution in [1.29, 1.82) is 0 Å². The molecule has 0 saturated carbocycles. The SMILES string of the molecule is CCC(C(=O)NC(C)(C)C)N(Cc1ccc(F)cc1)C(=O)CN1C(=O)c2cccc3cccc1c23. The van der Waals surface area contributed by atoms with E-state index in [1.54, 1.807) is 18.2 Å². The lowest BCUT2D eigenvalue weighted by Crippen LogP contribution is -2.55. The molecule has 1 aliphatic heterocycles. The molecule has 6 nitrogen and oxygen atoms in total. The average molecular weight is 476 g/mol. The molecule has 3 amide bonds. The Morgan fingerprint density at radius 1 is 1.03 bits per heavy atom. The summed E-state index contributed by atoms with van der Waals surface area (Å²) in [7, 11) is 0. The summed E-state index contributed by atoms with van der Waals surface area (Å²) in [4.78, 5) is 43.1. The van der Waals surface area contributed by atoms with Gasteiger partial charge in [-0.25, -0.2) is 4.39 Å². The first-order chi connectivity index (χ1) is 16.6. The van der Waals surface area contributed by atoms with E-state index in [-0.39, 0.29) is 36.6 Å². The maximum Gasteiger partial charge on any atom is 0.259 e. The third-order valence-electron chi connectivity index (χ3n) is 6.09. The van der Waals surface area contributed by atoms with Gasteiger partial charge in [-0.1, -0.05) is 43.3 Å². The lowest BCUT2D eigenvalue weighted by molar-refractivity contribution is -0.141. The molecule has 0 aromatic heterocycles. The maximum absolute atomic E-state index is 13.7. The van der Waals surface area contributed by atoms with Crippen molar-refractivity contribution in [2.75, 3.05) is 11.4 Å². The van der Waals surface area contributed by atoms with E-state index >= 15 is 0 Å². The second kappa shape index (κ2) is 9.49. The second-order valence-electron chi connectivity index (χ2n) is 9.88. The van der Waals surface area contributed by atoms with E-state index in [9.17, 15) is 18.8 Å². The minimum absolute atomic E-state index is 0.119. The van der Waals surface area contributed by atoms with Crippen LogP contribution in [0.25, 0.3) is 10.8 Å². The van der Waals surface area contributed by atoms with Crippen molar-refractivity contribution < 1.29 is 18.8 Å². The van der Waals surface area contributed by atoms with E-state index in [1.807, 2.05) is 58.0 Å². The fourth-order valence-corrected chi connectivity index (χ4v) is 4.52. The average Bonchev–Trinajstić information content (AvgIpc) is 3.07. The van der Waals surface area contributed by atoms with Gasteiger partial charge in [0.15, 0.2) is 0 Å². The van der Waals surface area contributed by atoms with Crippen LogP contribution in [0.2, 0.25) is 0 Å².